The topological polar surface area (TPSA) is 115 Å². The van der Waals surface area contributed by atoms with Gasteiger partial charge in [0.2, 0.25) is 5.13 Å². The predicted molar refractivity (Wildman–Crippen MR) is 103 cm³/mol. The van der Waals surface area contributed by atoms with Crippen molar-refractivity contribution in [3.05, 3.63) is 59.7 Å². The van der Waals surface area contributed by atoms with Crippen LogP contribution in [0.25, 0.3) is 10.6 Å². The van der Waals surface area contributed by atoms with E-state index in [-0.39, 0.29) is 11.4 Å². The Bertz CT molecular complexity index is 1050. The number of benzene rings is 2. The summed E-state index contributed by atoms with van der Waals surface area (Å²) in [6.07, 6.45) is 1.13. The highest BCUT2D eigenvalue weighted by atomic mass is 32.2. The molecule has 7 nitrogen and oxygen atoms in total. The Morgan fingerprint density at radius 3 is 2.54 bits per heavy atom. The highest BCUT2D eigenvalue weighted by molar-refractivity contribution is 7.89. The zero-order chi connectivity index (χ0) is 18.7. The van der Waals surface area contributed by atoms with Crippen LogP contribution in [0, 0.1) is 0 Å². The van der Waals surface area contributed by atoms with Crippen molar-refractivity contribution >= 4 is 37.9 Å². The number of carbonyl (C=O) groups is 1. The van der Waals surface area contributed by atoms with Gasteiger partial charge in [0.25, 0.3) is 5.91 Å². The monoisotopic (exact) mass is 388 g/mol. The van der Waals surface area contributed by atoms with Crippen molar-refractivity contribution in [2.24, 2.45) is 0 Å². The van der Waals surface area contributed by atoms with E-state index >= 15 is 0 Å². The molecule has 0 spiro atoms. The predicted octanol–water partition coefficient (Wildman–Crippen LogP) is 2.58. The van der Waals surface area contributed by atoms with Crippen molar-refractivity contribution in [2.45, 2.75) is 5.75 Å². The SMILES string of the molecule is CS(=O)(=O)Cc1ccc(C(=O)Nc2nnc(-c3ccccc3)s2)cc1N. The summed E-state index contributed by atoms with van der Waals surface area (Å²) in [5, 5.41) is 11.8. The van der Waals surface area contributed by atoms with E-state index in [1.54, 1.807) is 6.07 Å². The second-order valence-electron chi connectivity index (χ2n) is 5.72. The highest BCUT2D eigenvalue weighted by Crippen LogP contribution is 2.26. The molecule has 0 radical (unpaired) electrons. The molecule has 1 heterocycles. The smallest absolute Gasteiger partial charge is 0.257 e. The maximum Gasteiger partial charge on any atom is 0.257 e. The third-order valence-electron chi connectivity index (χ3n) is 3.49. The van der Waals surface area contributed by atoms with E-state index < -0.39 is 15.7 Å². The minimum Gasteiger partial charge on any atom is -0.398 e. The summed E-state index contributed by atoms with van der Waals surface area (Å²) in [6, 6.07) is 14.1. The Balaban J connectivity index is 1.74. The first-order valence-corrected chi connectivity index (χ1v) is 10.5. The standard InChI is InChI=1S/C17H16N4O3S2/c1-26(23,24)10-13-8-7-12(9-14(13)18)15(22)19-17-21-20-16(25-17)11-5-3-2-4-6-11/h2-9H,10,18H2,1H3,(H,19,21,22). The van der Waals surface area contributed by atoms with Gasteiger partial charge in [-0.25, -0.2) is 8.42 Å². The Morgan fingerprint density at radius 2 is 1.88 bits per heavy atom. The zero-order valence-corrected chi connectivity index (χ0v) is 15.5. The van der Waals surface area contributed by atoms with E-state index in [2.05, 4.69) is 15.5 Å². The fraction of sp³-hybridized carbons (Fsp3) is 0.118. The number of nitrogens with zero attached hydrogens (tertiary/aromatic N) is 2. The van der Waals surface area contributed by atoms with E-state index in [1.807, 2.05) is 30.3 Å². The number of hydrogen-bond acceptors (Lipinski definition) is 7. The average molecular weight is 388 g/mol. The number of nitrogen functional groups attached to an aromatic ring is 1. The van der Waals surface area contributed by atoms with Crippen LogP contribution < -0.4 is 11.1 Å². The molecule has 1 aromatic heterocycles. The molecule has 3 rings (SSSR count). The summed E-state index contributed by atoms with van der Waals surface area (Å²) in [5.41, 5.74) is 7.82. The van der Waals surface area contributed by atoms with Gasteiger partial charge in [-0.1, -0.05) is 47.7 Å². The van der Waals surface area contributed by atoms with Crippen molar-refractivity contribution in [3.63, 3.8) is 0 Å². The zero-order valence-electron chi connectivity index (χ0n) is 13.8. The number of aromatic nitrogens is 2. The van der Waals surface area contributed by atoms with Crippen molar-refractivity contribution in [1.29, 1.82) is 0 Å². The molecule has 134 valence electrons. The van der Waals surface area contributed by atoms with Gasteiger partial charge in [-0.3, -0.25) is 10.1 Å². The summed E-state index contributed by atoms with van der Waals surface area (Å²) >= 11 is 1.26. The lowest BCUT2D eigenvalue weighted by molar-refractivity contribution is 0.102. The number of amides is 1. The minimum absolute atomic E-state index is 0.169. The van der Waals surface area contributed by atoms with E-state index in [4.69, 9.17) is 5.73 Å². The molecule has 2 aromatic carbocycles. The number of nitrogens with two attached hydrogens (primary N) is 1. The molecule has 1 amide bonds. The Morgan fingerprint density at radius 1 is 1.15 bits per heavy atom. The largest absolute Gasteiger partial charge is 0.398 e. The number of hydrogen-bond donors (Lipinski definition) is 2. The lowest BCUT2D eigenvalue weighted by atomic mass is 10.1. The molecule has 3 aromatic rings. The van der Waals surface area contributed by atoms with Crippen LogP contribution in [0.3, 0.4) is 0 Å². The Kier molecular flexibility index (Phi) is 5.01. The number of nitrogens with one attached hydrogen (secondary N) is 1. The second-order valence-corrected chi connectivity index (χ2v) is 8.83. The summed E-state index contributed by atoms with van der Waals surface area (Å²) < 4.78 is 22.8. The maximum absolute atomic E-state index is 12.4. The number of sulfone groups is 1. The number of anilines is 2. The minimum atomic E-state index is -3.20. The van der Waals surface area contributed by atoms with Crippen LogP contribution in [-0.4, -0.2) is 30.8 Å². The van der Waals surface area contributed by atoms with Gasteiger partial charge in [0, 0.05) is 23.1 Å². The summed E-state index contributed by atoms with van der Waals surface area (Å²) in [4.78, 5) is 12.4. The van der Waals surface area contributed by atoms with E-state index in [1.165, 1.54) is 23.5 Å². The molecule has 0 aliphatic heterocycles. The van der Waals surface area contributed by atoms with Gasteiger partial charge >= 0.3 is 0 Å². The maximum atomic E-state index is 12.4. The van der Waals surface area contributed by atoms with Crippen molar-refractivity contribution in [2.75, 3.05) is 17.3 Å². The molecule has 0 aliphatic rings. The van der Waals surface area contributed by atoms with E-state index in [0.29, 0.717) is 21.3 Å². The third-order valence-corrected chi connectivity index (χ3v) is 5.22. The third kappa shape index (κ3) is 4.44. The average Bonchev–Trinajstić information content (AvgIpc) is 3.05. The van der Waals surface area contributed by atoms with Crippen molar-refractivity contribution < 1.29 is 13.2 Å². The lowest BCUT2D eigenvalue weighted by Crippen LogP contribution is -2.13. The normalized spacial score (nSPS) is 11.3. The molecule has 9 heteroatoms. The number of rotatable bonds is 5. The quantitative estimate of drug-likeness (QED) is 0.649. The van der Waals surface area contributed by atoms with Gasteiger partial charge in [0.1, 0.15) is 5.01 Å². The van der Waals surface area contributed by atoms with Gasteiger partial charge in [-0.05, 0) is 17.7 Å². The molecule has 3 N–H and O–H groups in total. The highest BCUT2D eigenvalue weighted by Gasteiger charge is 2.14. The molecule has 0 bridgehead atoms. The molecular weight excluding hydrogens is 372 g/mol. The van der Waals surface area contributed by atoms with Crippen LogP contribution in [0.1, 0.15) is 15.9 Å². The van der Waals surface area contributed by atoms with Crippen LogP contribution in [-0.2, 0) is 15.6 Å². The molecule has 26 heavy (non-hydrogen) atoms. The first kappa shape index (κ1) is 18.0. The van der Waals surface area contributed by atoms with Gasteiger partial charge in [-0.2, -0.15) is 0 Å². The first-order valence-electron chi connectivity index (χ1n) is 7.58. The van der Waals surface area contributed by atoms with Crippen LogP contribution in [0.2, 0.25) is 0 Å². The molecule has 0 saturated heterocycles. The Hall–Kier alpha value is -2.78. The molecule has 0 aliphatic carbocycles. The van der Waals surface area contributed by atoms with Crippen LogP contribution in [0.4, 0.5) is 10.8 Å². The molecule has 0 saturated carbocycles. The summed E-state index contributed by atoms with van der Waals surface area (Å²) in [7, 11) is -3.20. The van der Waals surface area contributed by atoms with E-state index in [9.17, 15) is 13.2 Å². The molecule has 0 atom stereocenters. The van der Waals surface area contributed by atoms with Gasteiger partial charge in [0.15, 0.2) is 9.84 Å². The van der Waals surface area contributed by atoms with Gasteiger partial charge in [-0.15, -0.1) is 10.2 Å². The lowest BCUT2D eigenvalue weighted by Gasteiger charge is -2.07. The first-order chi connectivity index (χ1) is 12.3. The molecular formula is C17H16N4O3S2. The fourth-order valence-corrected chi connectivity index (χ4v) is 3.86. The molecule has 0 unspecified atom stereocenters. The van der Waals surface area contributed by atoms with Gasteiger partial charge < -0.3 is 5.73 Å². The van der Waals surface area contributed by atoms with Crippen LogP contribution in [0.15, 0.2) is 48.5 Å². The summed E-state index contributed by atoms with van der Waals surface area (Å²) in [5.74, 6) is -0.559. The van der Waals surface area contributed by atoms with Crippen molar-refractivity contribution in [3.8, 4) is 10.6 Å². The van der Waals surface area contributed by atoms with Gasteiger partial charge in [0.05, 0.1) is 5.75 Å². The van der Waals surface area contributed by atoms with Crippen molar-refractivity contribution in [1.82, 2.24) is 10.2 Å². The Labute approximate surface area is 154 Å². The van der Waals surface area contributed by atoms with E-state index in [0.717, 1.165) is 11.8 Å². The molecule has 0 fully saturated rings. The summed E-state index contributed by atoms with van der Waals surface area (Å²) in [6.45, 7) is 0. The van der Waals surface area contributed by atoms with Crippen LogP contribution >= 0.6 is 11.3 Å². The van der Waals surface area contributed by atoms with Crippen LogP contribution in [0.5, 0.6) is 0 Å². The second kappa shape index (κ2) is 7.22. The number of carbonyl (C=O) groups excluding carboxylic acids is 1. The fourth-order valence-electron chi connectivity index (χ4n) is 2.29.